The van der Waals surface area contributed by atoms with E-state index in [2.05, 4.69) is 21.9 Å². The van der Waals surface area contributed by atoms with E-state index in [1.54, 1.807) is 12.3 Å². The molecule has 0 aliphatic carbocycles. The van der Waals surface area contributed by atoms with E-state index in [-0.39, 0.29) is 0 Å². The van der Waals surface area contributed by atoms with Crippen molar-refractivity contribution >= 4 is 0 Å². The van der Waals surface area contributed by atoms with E-state index in [4.69, 9.17) is 0 Å². The van der Waals surface area contributed by atoms with Crippen molar-refractivity contribution in [3.05, 3.63) is 77.4 Å². The van der Waals surface area contributed by atoms with Crippen LogP contribution in [0.15, 0.2) is 48.9 Å². The highest BCUT2D eigenvalue weighted by Gasteiger charge is 2.05. The number of halogens is 2. The summed E-state index contributed by atoms with van der Waals surface area (Å²) >= 11 is 0. The first-order valence-electron chi connectivity index (χ1n) is 8.36. The lowest BCUT2D eigenvalue weighted by atomic mass is 10.1. The van der Waals surface area contributed by atoms with Crippen molar-refractivity contribution in [2.75, 3.05) is 0 Å². The number of pyridine rings is 1. The van der Waals surface area contributed by atoms with Gasteiger partial charge in [0.2, 0.25) is 0 Å². The van der Waals surface area contributed by atoms with Crippen molar-refractivity contribution in [1.82, 2.24) is 15.0 Å². The predicted molar refractivity (Wildman–Crippen MR) is 93.0 cm³/mol. The van der Waals surface area contributed by atoms with Gasteiger partial charge in [-0.25, -0.2) is 18.7 Å². The minimum Gasteiger partial charge on any atom is -0.261 e. The SMILES string of the molecule is CCCc1cnc(-c2ccc(CCc3ccc(F)c(F)c3)nc2)nc1. The molecule has 0 amide bonds. The van der Waals surface area contributed by atoms with Crippen LogP contribution >= 0.6 is 0 Å². The molecule has 0 radical (unpaired) electrons. The summed E-state index contributed by atoms with van der Waals surface area (Å²) in [6.45, 7) is 2.12. The van der Waals surface area contributed by atoms with Crippen LogP contribution in [0.25, 0.3) is 11.4 Å². The Morgan fingerprint density at radius 3 is 2.20 bits per heavy atom. The van der Waals surface area contributed by atoms with Crippen LogP contribution in [0.4, 0.5) is 8.78 Å². The third kappa shape index (κ3) is 4.44. The number of rotatable bonds is 6. The van der Waals surface area contributed by atoms with Gasteiger partial charge >= 0.3 is 0 Å². The zero-order chi connectivity index (χ0) is 17.6. The Hall–Kier alpha value is -2.69. The molecule has 0 bridgehead atoms. The van der Waals surface area contributed by atoms with Crippen molar-refractivity contribution in [1.29, 1.82) is 0 Å². The number of aromatic nitrogens is 3. The minimum atomic E-state index is -0.823. The smallest absolute Gasteiger partial charge is 0.160 e. The van der Waals surface area contributed by atoms with Crippen LogP contribution < -0.4 is 0 Å². The van der Waals surface area contributed by atoms with Gasteiger partial charge in [-0.2, -0.15) is 0 Å². The van der Waals surface area contributed by atoms with Crippen LogP contribution in [0.3, 0.4) is 0 Å². The topological polar surface area (TPSA) is 38.7 Å². The molecule has 0 spiro atoms. The highest BCUT2D eigenvalue weighted by Crippen LogP contribution is 2.15. The van der Waals surface area contributed by atoms with Crippen molar-refractivity contribution in [2.45, 2.75) is 32.6 Å². The lowest BCUT2D eigenvalue weighted by Crippen LogP contribution is -1.97. The van der Waals surface area contributed by atoms with Gasteiger partial charge < -0.3 is 0 Å². The molecular weight excluding hydrogens is 320 g/mol. The fraction of sp³-hybridized carbons (Fsp3) is 0.250. The zero-order valence-corrected chi connectivity index (χ0v) is 14.0. The van der Waals surface area contributed by atoms with E-state index in [1.807, 2.05) is 24.5 Å². The van der Waals surface area contributed by atoms with Crippen LogP contribution in [-0.2, 0) is 19.3 Å². The van der Waals surface area contributed by atoms with Gasteiger partial charge in [0, 0.05) is 29.8 Å². The Labute approximate surface area is 145 Å². The molecule has 2 aromatic heterocycles. The summed E-state index contributed by atoms with van der Waals surface area (Å²) in [7, 11) is 0. The molecule has 5 heteroatoms. The van der Waals surface area contributed by atoms with E-state index in [0.717, 1.165) is 41.3 Å². The number of benzene rings is 1. The zero-order valence-electron chi connectivity index (χ0n) is 14.0. The van der Waals surface area contributed by atoms with Crippen molar-refractivity contribution in [3.63, 3.8) is 0 Å². The molecule has 3 aromatic rings. The minimum absolute atomic E-state index is 0.603. The quantitative estimate of drug-likeness (QED) is 0.661. The fourth-order valence-electron chi connectivity index (χ4n) is 2.59. The Balaban J connectivity index is 1.64. The van der Waals surface area contributed by atoms with Gasteiger partial charge in [0.05, 0.1) is 0 Å². The standard InChI is InChI=1S/C20H19F2N3/c1-2-3-15-11-24-20(25-12-15)16-6-8-17(23-13-16)7-4-14-5-9-18(21)19(22)10-14/h5-6,8-13H,2-4,7H2,1H3. The maximum atomic E-state index is 13.2. The Kier molecular flexibility index (Phi) is 5.43. The van der Waals surface area contributed by atoms with Crippen molar-refractivity contribution in [3.8, 4) is 11.4 Å². The van der Waals surface area contributed by atoms with Crippen molar-refractivity contribution < 1.29 is 8.78 Å². The molecule has 0 N–H and O–H groups in total. The van der Waals surface area contributed by atoms with E-state index in [9.17, 15) is 8.78 Å². The predicted octanol–water partition coefficient (Wildman–Crippen LogP) is 4.55. The lowest BCUT2D eigenvalue weighted by Gasteiger charge is -2.05. The molecule has 0 unspecified atom stereocenters. The number of aryl methyl sites for hydroxylation is 3. The highest BCUT2D eigenvalue weighted by molar-refractivity contribution is 5.53. The average Bonchev–Trinajstić information content (AvgIpc) is 2.64. The summed E-state index contributed by atoms with van der Waals surface area (Å²) < 4.78 is 26.2. The first-order valence-corrected chi connectivity index (χ1v) is 8.36. The molecule has 0 fully saturated rings. The average molecular weight is 339 g/mol. The molecule has 3 rings (SSSR count). The van der Waals surface area contributed by atoms with E-state index < -0.39 is 11.6 Å². The van der Waals surface area contributed by atoms with Crippen LogP contribution in [-0.4, -0.2) is 15.0 Å². The fourth-order valence-corrected chi connectivity index (χ4v) is 2.59. The molecule has 0 saturated heterocycles. The largest absolute Gasteiger partial charge is 0.261 e. The molecule has 3 nitrogen and oxygen atoms in total. The molecule has 0 saturated carbocycles. The molecule has 0 aliphatic rings. The molecule has 2 heterocycles. The first kappa shape index (κ1) is 17.1. The monoisotopic (exact) mass is 339 g/mol. The normalized spacial score (nSPS) is 10.8. The van der Waals surface area contributed by atoms with E-state index >= 15 is 0 Å². The van der Waals surface area contributed by atoms with E-state index in [0.29, 0.717) is 18.7 Å². The first-order chi connectivity index (χ1) is 12.2. The summed E-state index contributed by atoms with van der Waals surface area (Å²) in [6, 6.07) is 7.83. The second kappa shape index (κ2) is 7.92. The highest BCUT2D eigenvalue weighted by atomic mass is 19.2. The van der Waals surface area contributed by atoms with Gasteiger partial charge in [0.1, 0.15) is 0 Å². The lowest BCUT2D eigenvalue weighted by molar-refractivity contribution is 0.507. The molecule has 25 heavy (non-hydrogen) atoms. The molecule has 0 atom stereocenters. The summed E-state index contributed by atoms with van der Waals surface area (Å²) in [5.41, 5.74) is 3.62. The van der Waals surface area contributed by atoms with Gasteiger partial charge in [-0.15, -0.1) is 0 Å². The third-order valence-corrected chi connectivity index (χ3v) is 3.98. The molecule has 128 valence electrons. The van der Waals surface area contributed by atoms with Crippen LogP contribution in [0, 0.1) is 11.6 Å². The number of hydrogen-bond donors (Lipinski definition) is 0. The van der Waals surface area contributed by atoms with Gasteiger partial charge in [-0.3, -0.25) is 4.98 Å². The summed E-state index contributed by atoms with van der Waals surface area (Å²) in [5.74, 6) is -0.986. The van der Waals surface area contributed by atoms with Crippen LogP contribution in [0.1, 0.15) is 30.2 Å². The Bertz CT molecular complexity index is 831. The summed E-state index contributed by atoms with van der Waals surface area (Å²) in [4.78, 5) is 13.2. The van der Waals surface area contributed by atoms with Crippen LogP contribution in [0.5, 0.6) is 0 Å². The third-order valence-electron chi connectivity index (χ3n) is 3.98. The van der Waals surface area contributed by atoms with Gasteiger partial charge in [0.15, 0.2) is 17.5 Å². The second-order valence-corrected chi connectivity index (χ2v) is 5.95. The molecule has 1 aromatic carbocycles. The summed E-state index contributed by atoms with van der Waals surface area (Å²) in [5, 5.41) is 0. The van der Waals surface area contributed by atoms with Crippen LogP contribution in [0.2, 0.25) is 0 Å². The molecule has 0 aliphatic heterocycles. The number of nitrogens with zero attached hydrogens (tertiary/aromatic N) is 3. The van der Waals surface area contributed by atoms with Gasteiger partial charge in [-0.1, -0.05) is 19.4 Å². The van der Waals surface area contributed by atoms with E-state index in [1.165, 1.54) is 6.07 Å². The number of hydrogen-bond acceptors (Lipinski definition) is 3. The van der Waals surface area contributed by atoms with Gasteiger partial charge in [-0.05, 0) is 54.7 Å². The maximum absolute atomic E-state index is 13.2. The Morgan fingerprint density at radius 2 is 1.56 bits per heavy atom. The van der Waals surface area contributed by atoms with Gasteiger partial charge in [0.25, 0.3) is 0 Å². The Morgan fingerprint density at radius 1 is 0.760 bits per heavy atom. The molecular formula is C20H19F2N3. The second-order valence-electron chi connectivity index (χ2n) is 5.95. The summed E-state index contributed by atoms with van der Waals surface area (Å²) in [6.07, 6.45) is 8.74. The van der Waals surface area contributed by atoms with Crippen molar-refractivity contribution in [2.24, 2.45) is 0 Å². The maximum Gasteiger partial charge on any atom is 0.160 e.